The second-order valence-electron chi connectivity index (χ2n) is 8.98. The molecule has 31 heavy (non-hydrogen) atoms. The van der Waals surface area contributed by atoms with Crippen LogP contribution in [0, 0.1) is 33.7 Å². The van der Waals surface area contributed by atoms with E-state index in [9.17, 15) is 18.0 Å². The first-order chi connectivity index (χ1) is 14.8. The molecule has 0 aliphatic heterocycles. The van der Waals surface area contributed by atoms with Crippen LogP contribution >= 0.6 is 0 Å². The number of benzene rings is 2. The van der Waals surface area contributed by atoms with E-state index >= 15 is 0 Å². The normalized spacial score (nSPS) is 24.9. The van der Waals surface area contributed by atoms with Crippen LogP contribution in [0.25, 0.3) is 10.9 Å². The molecule has 1 unspecified atom stereocenters. The number of hydrogen-bond donors (Lipinski definition) is 2. The van der Waals surface area contributed by atoms with Crippen molar-refractivity contribution in [1.29, 1.82) is 5.41 Å². The van der Waals surface area contributed by atoms with Crippen LogP contribution < -0.4 is 5.32 Å². The van der Waals surface area contributed by atoms with E-state index < -0.39 is 23.1 Å². The highest BCUT2D eigenvalue weighted by molar-refractivity contribution is 5.87. The lowest BCUT2D eigenvalue weighted by Crippen LogP contribution is -2.69. The third-order valence-electron chi connectivity index (χ3n) is 6.61. The summed E-state index contributed by atoms with van der Waals surface area (Å²) >= 11 is 0. The molecule has 160 valence electrons. The lowest BCUT2D eigenvalue weighted by Gasteiger charge is -2.69. The van der Waals surface area contributed by atoms with Gasteiger partial charge >= 0.3 is 0 Å². The van der Waals surface area contributed by atoms with Crippen molar-refractivity contribution in [2.75, 3.05) is 0 Å². The maximum atomic E-state index is 13.9. The van der Waals surface area contributed by atoms with Gasteiger partial charge in [0.25, 0.3) is 0 Å². The molecule has 6 rings (SSSR count). The number of rotatable bonds is 7. The topological polar surface area (TPSA) is 70.8 Å². The maximum absolute atomic E-state index is 13.9. The number of amides is 1. The minimum atomic E-state index is -0.716. The molecule has 3 fully saturated rings. The molecule has 2 aromatic carbocycles. The van der Waals surface area contributed by atoms with E-state index in [-0.39, 0.29) is 23.6 Å². The Hall–Kier alpha value is -3.16. The van der Waals surface area contributed by atoms with Crippen LogP contribution in [0.1, 0.15) is 37.3 Å². The van der Waals surface area contributed by atoms with Crippen LogP contribution in [0.4, 0.5) is 13.2 Å². The molecule has 1 aromatic heterocycles. The monoisotopic (exact) mass is 426 g/mol. The molecule has 3 aromatic rings. The standard InChI is InChI=1S/C23H21F3N4O/c24-15-6-14(7-16(25)8-15)19(4-5-27)28-21(31)23-10-22(11-23,12-23)13-30-9-17-18(26)2-1-3-20(17)29-30/h1-3,5-9,19,27H,4,10-13H2,(H,28,31). The minimum absolute atomic E-state index is 0.0299. The van der Waals surface area contributed by atoms with Crippen molar-refractivity contribution < 1.29 is 18.0 Å². The molecule has 0 radical (unpaired) electrons. The molecule has 2 bridgehead atoms. The quantitative estimate of drug-likeness (QED) is 0.546. The Kier molecular flexibility index (Phi) is 4.42. The highest BCUT2D eigenvalue weighted by Crippen LogP contribution is 2.74. The molecule has 1 heterocycles. The SMILES string of the molecule is N=CCC(NC(=O)C12CC(Cn3cc4c(F)cccc4n3)(C1)C2)c1cc(F)cc(F)c1. The number of nitrogens with one attached hydrogen (secondary N) is 2. The number of carbonyl (C=O) groups is 1. The second-order valence-corrected chi connectivity index (χ2v) is 8.98. The van der Waals surface area contributed by atoms with Crippen molar-refractivity contribution in [1.82, 2.24) is 15.1 Å². The van der Waals surface area contributed by atoms with Gasteiger partial charge in [-0.1, -0.05) is 6.07 Å². The van der Waals surface area contributed by atoms with E-state index in [1.54, 1.807) is 23.0 Å². The fourth-order valence-corrected chi connectivity index (χ4v) is 5.37. The first-order valence-electron chi connectivity index (χ1n) is 10.2. The molecule has 5 nitrogen and oxygen atoms in total. The Morgan fingerprint density at radius 1 is 1.19 bits per heavy atom. The van der Waals surface area contributed by atoms with Crippen molar-refractivity contribution in [3.63, 3.8) is 0 Å². The minimum Gasteiger partial charge on any atom is -0.348 e. The highest BCUT2D eigenvalue weighted by Gasteiger charge is 2.71. The molecular formula is C23H21F3N4O. The number of nitrogens with zero attached hydrogens (tertiary/aromatic N) is 2. The third kappa shape index (κ3) is 3.30. The van der Waals surface area contributed by atoms with Crippen molar-refractivity contribution in [3.8, 4) is 0 Å². The summed E-state index contributed by atoms with van der Waals surface area (Å²) in [7, 11) is 0. The van der Waals surface area contributed by atoms with Crippen molar-refractivity contribution in [2.45, 2.75) is 38.3 Å². The van der Waals surface area contributed by atoms with Crippen molar-refractivity contribution in [2.24, 2.45) is 10.8 Å². The zero-order chi connectivity index (χ0) is 21.8. The third-order valence-corrected chi connectivity index (χ3v) is 6.61. The van der Waals surface area contributed by atoms with Gasteiger partial charge < -0.3 is 10.7 Å². The number of aromatic nitrogens is 2. The van der Waals surface area contributed by atoms with E-state index in [2.05, 4.69) is 10.4 Å². The molecule has 0 saturated heterocycles. The summed E-state index contributed by atoms with van der Waals surface area (Å²) in [6.45, 7) is 0.620. The van der Waals surface area contributed by atoms with Crippen LogP contribution in [0.2, 0.25) is 0 Å². The number of hydrogen-bond acceptors (Lipinski definition) is 3. The average Bonchev–Trinajstić information content (AvgIpc) is 3.06. The highest BCUT2D eigenvalue weighted by atomic mass is 19.1. The van der Waals surface area contributed by atoms with Gasteiger partial charge in [0.15, 0.2) is 0 Å². The molecule has 1 atom stereocenters. The van der Waals surface area contributed by atoms with E-state index in [1.807, 2.05) is 0 Å². The van der Waals surface area contributed by atoms with Crippen molar-refractivity contribution in [3.05, 3.63) is 65.6 Å². The molecule has 0 spiro atoms. The lowest BCUT2D eigenvalue weighted by molar-refractivity contribution is -0.214. The Bertz CT molecular complexity index is 1160. The summed E-state index contributed by atoms with van der Waals surface area (Å²) in [6.07, 6.45) is 5.06. The van der Waals surface area contributed by atoms with Gasteiger partial charge in [-0.3, -0.25) is 9.48 Å². The molecule has 3 aliphatic carbocycles. The van der Waals surface area contributed by atoms with E-state index in [4.69, 9.17) is 5.41 Å². The van der Waals surface area contributed by atoms with Gasteiger partial charge in [-0.15, -0.1) is 0 Å². The predicted octanol–water partition coefficient (Wildman–Crippen LogP) is 4.52. The van der Waals surface area contributed by atoms with Crippen LogP contribution in [0.5, 0.6) is 0 Å². The maximum Gasteiger partial charge on any atom is 0.226 e. The zero-order valence-electron chi connectivity index (χ0n) is 16.7. The van der Waals surface area contributed by atoms with Crippen LogP contribution in [0.3, 0.4) is 0 Å². The number of carbonyl (C=O) groups excluding carboxylic acids is 1. The Labute approximate surface area is 176 Å². The second kappa shape index (κ2) is 6.93. The number of halogens is 3. The smallest absolute Gasteiger partial charge is 0.226 e. The molecule has 1 amide bonds. The summed E-state index contributed by atoms with van der Waals surface area (Å²) in [4.78, 5) is 12.9. The molecule has 3 aliphatic rings. The van der Waals surface area contributed by atoms with Gasteiger partial charge in [0.2, 0.25) is 5.91 Å². The lowest BCUT2D eigenvalue weighted by atomic mass is 9.35. The molecular weight excluding hydrogens is 405 g/mol. The Morgan fingerprint density at radius 3 is 2.55 bits per heavy atom. The average molecular weight is 426 g/mol. The predicted molar refractivity (Wildman–Crippen MR) is 109 cm³/mol. The zero-order valence-corrected chi connectivity index (χ0v) is 16.7. The summed E-state index contributed by atoms with van der Waals surface area (Å²) in [5.74, 6) is -1.88. The van der Waals surface area contributed by atoms with Gasteiger partial charge in [0, 0.05) is 25.2 Å². The van der Waals surface area contributed by atoms with E-state index in [0.717, 1.165) is 12.3 Å². The molecule has 2 N–H and O–H groups in total. The van der Waals surface area contributed by atoms with Gasteiger partial charge in [-0.05, 0) is 60.7 Å². The van der Waals surface area contributed by atoms with Crippen molar-refractivity contribution >= 4 is 23.0 Å². The first kappa shape index (κ1) is 19.8. The molecule has 3 saturated carbocycles. The summed E-state index contributed by atoms with van der Waals surface area (Å²) in [5.41, 5.74) is 0.402. The van der Waals surface area contributed by atoms with E-state index in [1.165, 1.54) is 18.2 Å². The molecule has 8 heteroatoms. The van der Waals surface area contributed by atoms with Gasteiger partial charge in [-0.2, -0.15) is 5.10 Å². The van der Waals surface area contributed by atoms with Gasteiger partial charge in [-0.25, -0.2) is 13.2 Å². The Morgan fingerprint density at radius 2 is 1.90 bits per heavy atom. The summed E-state index contributed by atoms with van der Waals surface area (Å²) in [6, 6.07) is 7.30. The largest absolute Gasteiger partial charge is 0.348 e. The van der Waals surface area contributed by atoms with E-state index in [0.29, 0.717) is 42.3 Å². The summed E-state index contributed by atoms with van der Waals surface area (Å²) in [5, 5.41) is 15.2. The van der Waals surface area contributed by atoms with Crippen LogP contribution in [-0.4, -0.2) is 21.9 Å². The van der Waals surface area contributed by atoms with Crippen LogP contribution in [0.15, 0.2) is 42.6 Å². The fraction of sp³-hybridized carbons (Fsp3) is 0.348. The Balaban J connectivity index is 1.25. The summed E-state index contributed by atoms with van der Waals surface area (Å²) < 4.78 is 42.9. The fourth-order valence-electron chi connectivity index (χ4n) is 5.37. The van der Waals surface area contributed by atoms with Gasteiger partial charge in [0.1, 0.15) is 17.5 Å². The van der Waals surface area contributed by atoms with Gasteiger partial charge in [0.05, 0.1) is 22.4 Å². The number of fused-ring (bicyclic) bond motifs is 1. The first-order valence-corrected chi connectivity index (χ1v) is 10.2. The van der Waals surface area contributed by atoms with Crippen LogP contribution in [-0.2, 0) is 11.3 Å².